The van der Waals surface area contributed by atoms with Crippen molar-refractivity contribution in [1.82, 2.24) is 4.90 Å². The third-order valence-corrected chi connectivity index (χ3v) is 8.02. The molecule has 206 valence electrons. The van der Waals surface area contributed by atoms with Gasteiger partial charge in [0.15, 0.2) is 0 Å². The van der Waals surface area contributed by atoms with E-state index in [0.717, 1.165) is 43.7 Å². The number of sulfonamides is 1. The summed E-state index contributed by atoms with van der Waals surface area (Å²) in [6, 6.07) is 23.2. The van der Waals surface area contributed by atoms with E-state index in [9.17, 15) is 13.2 Å². The van der Waals surface area contributed by atoms with Crippen molar-refractivity contribution in [2.24, 2.45) is 0 Å². The maximum Gasteiger partial charge on any atom is 0.258 e. The zero-order valence-electron chi connectivity index (χ0n) is 23.0. The molecule has 0 aliphatic carbocycles. The Morgan fingerprint density at radius 1 is 0.846 bits per heavy atom. The van der Waals surface area contributed by atoms with Gasteiger partial charge in [-0.3, -0.25) is 14.4 Å². The smallest absolute Gasteiger partial charge is 0.258 e. The lowest BCUT2D eigenvalue weighted by atomic mass is 9.99. The minimum atomic E-state index is -3.47. The van der Waals surface area contributed by atoms with Gasteiger partial charge >= 0.3 is 0 Å². The summed E-state index contributed by atoms with van der Waals surface area (Å²) >= 11 is 0. The van der Waals surface area contributed by atoms with Gasteiger partial charge in [0.25, 0.3) is 5.91 Å². The molecule has 0 bridgehead atoms. The van der Waals surface area contributed by atoms with Gasteiger partial charge in [-0.15, -0.1) is 0 Å². The number of benzene rings is 3. The molecule has 0 atom stereocenters. The van der Waals surface area contributed by atoms with Crippen LogP contribution in [-0.2, 0) is 21.4 Å². The number of fused-ring (bicyclic) bond motifs is 1. The molecule has 0 unspecified atom stereocenters. The van der Waals surface area contributed by atoms with E-state index in [1.807, 2.05) is 49.4 Å². The first-order valence-electron chi connectivity index (χ1n) is 13.7. The van der Waals surface area contributed by atoms with Crippen molar-refractivity contribution < 1.29 is 13.2 Å². The monoisotopic (exact) mass is 546 g/mol. The number of nitrogens with one attached hydrogen (secondary N) is 3. The Bertz CT molecular complexity index is 1410. The van der Waals surface area contributed by atoms with Crippen LogP contribution in [0.2, 0.25) is 0 Å². The minimum absolute atomic E-state index is 0.0332. The van der Waals surface area contributed by atoms with Crippen molar-refractivity contribution in [1.29, 1.82) is 0 Å². The number of amides is 1. The van der Waals surface area contributed by atoms with E-state index >= 15 is 0 Å². The Balaban J connectivity index is 1.69. The van der Waals surface area contributed by atoms with Crippen LogP contribution < -0.4 is 15.4 Å². The van der Waals surface area contributed by atoms with Gasteiger partial charge in [0.1, 0.15) is 0 Å². The fourth-order valence-corrected chi connectivity index (χ4v) is 5.99. The lowest BCUT2D eigenvalue weighted by Crippen LogP contribution is -2.24. The summed E-state index contributed by atoms with van der Waals surface area (Å²) in [4.78, 5) is 15.7. The molecule has 0 saturated carbocycles. The molecule has 1 aliphatic heterocycles. The van der Waals surface area contributed by atoms with E-state index in [2.05, 4.69) is 46.2 Å². The summed E-state index contributed by atoms with van der Waals surface area (Å²) in [6.07, 6.45) is 2.76. The molecule has 3 N–H and O–H groups in total. The number of rotatable bonds is 13. The van der Waals surface area contributed by atoms with Gasteiger partial charge in [-0.05, 0) is 73.8 Å². The highest BCUT2D eigenvalue weighted by Gasteiger charge is 2.29. The van der Waals surface area contributed by atoms with Gasteiger partial charge in [-0.2, -0.15) is 0 Å². The first-order valence-corrected chi connectivity index (χ1v) is 15.3. The van der Waals surface area contributed by atoms with Gasteiger partial charge in [-0.25, -0.2) is 8.42 Å². The van der Waals surface area contributed by atoms with Crippen LogP contribution in [0.1, 0.15) is 56.7 Å². The SMILES string of the molecule is CCCN(CCC)Cc1ccc(NC(=C2C(=O)Nc3ccc(NS(=O)(=O)CCC)cc32)c2ccccc2)cc1. The van der Waals surface area contributed by atoms with Crippen molar-refractivity contribution in [3.05, 3.63) is 89.5 Å². The third kappa shape index (κ3) is 7.28. The third-order valence-electron chi connectivity index (χ3n) is 6.53. The van der Waals surface area contributed by atoms with E-state index in [1.165, 1.54) is 5.56 Å². The molecular formula is C31H38N4O3S. The molecule has 0 saturated heterocycles. The number of carbonyl (C=O) groups excluding carboxylic acids is 1. The van der Waals surface area contributed by atoms with Crippen LogP contribution in [0.5, 0.6) is 0 Å². The first-order chi connectivity index (χ1) is 18.8. The molecule has 1 amide bonds. The van der Waals surface area contributed by atoms with Crippen molar-refractivity contribution in [3.63, 3.8) is 0 Å². The van der Waals surface area contributed by atoms with Crippen molar-refractivity contribution >= 4 is 44.3 Å². The Kier molecular flexibility index (Phi) is 9.43. The number of hydrogen-bond acceptors (Lipinski definition) is 5. The molecule has 1 heterocycles. The summed E-state index contributed by atoms with van der Waals surface area (Å²) in [6.45, 7) is 9.28. The number of hydrogen-bond donors (Lipinski definition) is 3. The Hall–Kier alpha value is -3.62. The highest BCUT2D eigenvalue weighted by molar-refractivity contribution is 7.92. The normalized spacial score (nSPS) is 14.2. The summed E-state index contributed by atoms with van der Waals surface area (Å²) in [5.41, 5.74) is 5.80. The summed E-state index contributed by atoms with van der Waals surface area (Å²) in [5, 5.41) is 6.43. The van der Waals surface area contributed by atoms with Gasteiger partial charge in [-0.1, -0.05) is 63.2 Å². The first kappa shape index (κ1) is 28.4. The van der Waals surface area contributed by atoms with Crippen LogP contribution in [0.3, 0.4) is 0 Å². The summed E-state index contributed by atoms with van der Waals surface area (Å²) in [5.74, 6) is -0.206. The van der Waals surface area contributed by atoms with Crippen molar-refractivity contribution in [2.45, 2.75) is 46.6 Å². The molecule has 0 fully saturated rings. The van der Waals surface area contributed by atoms with E-state index in [1.54, 1.807) is 18.2 Å². The summed E-state index contributed by atoms with van der Waals surface area (Å²) in [7, 11) is -3.47. The molecule has 4 rings (SSSR count). The van der Waals surface area contributed by atoms with E-state index in [0.29, 0.717) is 34.6 Å². The predicted molar refractivity (Wildman–Crippen MR) is 162 cm³/mol. The average molecular weight is 547 g/mol. The van der Waals surface area contributed by atoms with Crippen LogP contribution in [-0.4, -0.2) is 38.1 Å². The average Bonchev–Trinajstić information content (AvgIpc) is 3.23. The highest BCUT2D eigenvalue weighted by atomic mass is 32.2. The zero-order valence-corrected chi connectivity index (χ0v) is 23.8. The van der Waals surface area contributed by atoms with Crippen LogP contribution in [0.4, 0.5) is 17.1 Å². The lowest BCUT2D eigenvalue weighted by Gasteiger charge is -2.21. The van der Waals surface area contributed by atoms with Gasteiger partial charge in [0.05, 0.1) is 17.0 Å². The molecule has 3 aromatic rings. The van der Waals surface area contributed by atoms with Gasteiger partial charge in [0, 0.05) is 29.2 Å². The molecule has 3 aromatic carbocycles. The maximum atomic E-state index is 13.3. The van der Waals surface area contributed by atoms with Crippen LogP contribution in [0, 0.1) is 0 Å². The number of carbonyl (C=O) groups is 1. The molecule has 8 heteroatoms. The predicted octanol–water partition coefficient (Wildman–Crippen LogP) is 6.39. The largest absolute Gasteiger partial charge is 0.354 e. The van der Waals surface area contributed by atoms with Gasteiger partial charge in [0.2, 0.25) is 10.0 Å². The fraction of sp³-hybridized carbons (Fsp3) is 0.323. The quantitative estimate of drug-likeness (QED) is 0.216. The van der Waals surface area contributed by atoms with Crippen molar-refractivity contribution in [2.75, 3.05) is 34.2 Å². The van der Waals surface area contributed by atoms with Crippen LogP contribution >= 0.6 is 0 Å². The van der Waals surface area contributed by atoms with E-state index < -0.39 is 10.0 Å². The standard InChI is InChI=1S/C31H38N4O3S/c1-4-18-35(19-5-2)22-23-12-14-25(15-13-23)32-30(24-10-8-7-9-11-24)29-27-21-26(34-39(37,38)20-6-3)16-17-28(27)33-31(29)36/h7-17,21,32,34H,4-6,18-20,22H2,1-3H3,(H,33,36). The number of anilines is 3. The Morgan fingerprint density at radius 2 is 1.51 bits per heavy atom. The van der Waals surface area contributed by atoms with Crippen molar-refractivity contribution in [3.8, 4) is 0 Å². The van der Waals surface area contributed by atoms with Crippen LogP contribution in [0.15, 0.2) is 72.8 Å². The molecule has 1 aliphatic rings. The molecule has 39 heavy (non-hydrogen) atoms. The molecule has 0 radical (unpaired) electrons. The van der Waals surface area contributed by atoms with E-state index in [-0.39, 0.29) is 11.7 Å². The summed E-state index contributed by atoms with van der Waals surface area (Å²) < 4.78 is 27.4. The second kappa shape index (κ2) is 13.0. The molecule has 0 spiro atoms. The highest BCUT2D eigenvalue weighted by Crippen LogP contribution is 2.39. The topological polar surface area (TPSA) is 90.5 Å². The lowest BCUT2D eigenvalue weighted by molar-refractivity contribution is -0.110. The van der Waals surface area contributed by atoms with Gasteiger partial charge < -0.3 is 10.6 Å². The Labute approximate surface area is 232 Å². The second-order valence-electron chi connectivity index (χ2n) is 9.85. The van der Waals surface area contributed by atoms with Crippen LogP contribution in [0.25, 0.3) is 11.3 Å². The minimum Gasteiger partial charge on any atom is -0.354 e. The Morgan fingerprint density at radius 3 is 2.15 bits per heavy atom. The fourth-order valence-electron chi connectivity index (χ4n) is 4.86. The number of nitrogens with zero attached hydrogens (tertiary/aromatic N) is 1. The zero-order chi connectivity index (χ0) is 27.8. The molecular weight excluding hydrogens is 508 g/mol. The molecule has 7 nitrogen and oxygen atoms in total. The second-order valence-corrected chi connectivity index (χ2v) is 11.7. The molecule has 0 aromatic heterocycles. The maximum absolute atomic E-state index is 13.3. The van der Waals surface area contributed by atoms with E-state index in [4.69, 9.17) is 0 Å².